The van der Waals surface area contributed by atoms with Crippen LogP contribution in [0.5, 0.6) is 0 Å². The Labute approximate surface area is 206 Å². The molecule has 1 saturated carbocycles. The van der Waals surface area contributed by atoms with Crippen LogP contribution in [0.2, 0.25) is 5.02 Å². The van der Waals surface area contributed by atoms with E-state index in [1.807, 2.05) is 23.1 Å². The molecule has 7 nitrogen and oxygen atoms in total. The third-order valence-corrected chi connectivity index (χ3v) is 6.53. The second-order valence-electron chi connectivity index (χ2n) is 8.33. The number of methoxy groups -OCH3 is 1. The summed E-state index contributed by atoms with van der Waals surface area (Å²) in [4.78, 5) is 30.6. The van der Waals surface area contributed by atoms with Gasteiger partial charge in [-0.25, -0.2) is 4.98 Å². The first kappa shape index (κ1) is 27.1. The Bertz CT molecular complexity index is 932. The van der Waals surface area contributed by atoms with E-state index in [-0.39, 0.29) is 35.7 Å². The maximum Gasteiger partial charge on any atom is 0.255 e. The number of anilines is 1. The molecule has 2 aromatic rings. The van der Waals surface area contributed by atoms with Gasteiger partial charge in [0.1, 0.15) is 5.82 Å². The van der Waals surface area contributed by atoms with E-state index in [1.54, 1.807) is 19.2 Å². The van der Waals surface area contributed by atoms with Crippen LogP contribution in [0.15, 0.2) is 42.6 Å². The van der Waals surface area contributed by atoms with Gasteiger partial charge in [-0.2, -0.15) is 0 Å². The fourth-order valence-electron chi connectivity index (χ4n) is 4.48. The topological polar surface area (TPSA) is 97.5 Å². The van der Waals surface area contributed by atoms with E-state index in [0.717, 1.165) is 25.7 Å². The number of rotatable bonds is 8. The molecule has 1 aromatic heterocycles. The van der Waals surface area contributed by atoms with Crippen LogP contribution >= 0.6 is 24.0 Å². The van der Waals surface area contributed by atoms with E-state index >= 15 is 0 Å². The molecular weight excluding hydrogens is 463 g/mol. The molecule has 1 aromatic carbocycles. The lowest BCUT2D eigenvalue weighted by molar-refractivity contribution is -0.114. The molecule has 0 bridgehead atoms. The van der Waals surface area contributed by atoms with Crippen molar-refractivity contribution in [3.63, 3.8) is 0 Å². The van der Waals surface area contributed by atoms with Crippen LogP contribution in [-0.2, 0) is 14.9 Å². The Morgan fingerprint density at radius 3 is 2.55 bits per heavy atom. The van der Waals surface area contributed by atoms with Crippen LogP contribution in [0.3, 0.4) is 0 Å². The van der Waals surface area contributed by atoms with E-state index in [4.69, 9.17) is 22.1 Å². The summed E-state index contributed by atoms with van der Waals surface area (Å²) in [5.74, 6) is 0.130. The molecule has 33 heavy (non-hydrogen) atoms. The SMILES string of the molecule is COCCN(C(=O)c1ccc(NC(C)=O)nc1)[C@H]1CC[C@@](CN)(c2cccc(Cl)c2)CC1.Cl. The zero-order chi connectivity index (χ0) is 23.1. The summed E-state index contributed by atoms with van der Waals surface area (Å²) in [6.07, 6.45) is 4.95. The highest BCUT2D eigenvalue weighted by atomic mass is 35.5. The molecule has 0 radical (unpaired) electrons. The normalized spacial score (nSPS) is 19.9. The standard InChI is InChI=1S/C24H31ClN4O3.ClH/c1-17(30)28-22-7-6-18(15-27-22)23(31)29(12-13-32-2)21-8-10-24(16-26,11-9-21)19-4-3-5-20(25)14-19;/h3-7,14-15,21H,8-13,16,26H2,1-2H3,(H,27,28,30);1H/t21-,24+;. The van der Waals surface area contributed by atoms with Crippen LogP contribution in [0.4, 0.5) is 5.82 Å². The largest absolute Gasteiger partial charge is 0.383 e. The second kappa shape index (κ2) is 12.3. The van der Waals surface area contributed by atoms with Crippen LogP contribution < -0.4 is 11.1 Å². The Morgan fingerprint density at radius 1 is 1.27 bits per heavy atom. The maximum absolute atomic E-state index is 13.3. The van der Waals surface area contributed by atoms with E-state index < -0.39 is 0 Å². The molecule has 1 fully saturated rings. The molecule has 1 aliphatic rings. The van der Waals surface area contributed by atoms with Gasteiger partial charge in [-0.3, -0.25) is 9.59 Å². The molecule has 0 aliphatic heterocycles. The predicted octanol–water partition coefficient (Wildman–Crippen LogP) is 4.04. The highest BCUT2D eigenvalue weighted by molar-refractivity contribution is 6.30. The van der Waals surface area contributed by atoms with Crippen molar-refractivity contribution in [1.29, 1.82) is 0 Å². The number of nitrogens with one attached hydrogen (secondary N) is 1. The average Bonchev–Trinajstić information content (AvgIpc) is 2.80. The van der Waals surface area contributed by atoms with Gasteiger partial charge in [0.2, 0.25) is 5.91 Å². The van der Waals surface area contributed by atoms with Gasteiger partial charge in [0.05, 0.1) is 12.2 Å². The smallest absolute Gasteiger partial charge is 0.255 e. The Balaban J connectivity index is 0.00000385. The van der Waals surface area contributed by atoms with E-state index in [1.165, 1.54) is 18.7 Å². The van der Waals surface area contributed by atoms with Crippen molar-refractivity contribution in [3.8, 4) is 0 Å². The minimum atomic E-state index is -0.205. The first-order valence-corrected chi connectivity index (χ1v) is 11.3. The lowest BCUT2D eigenvalue weighted by atomic mass is 9.68. The minimum absolute atomic E-state index is 0. The quantitative estimate of drug-likeness (QED) is 0.576. The lowest BCUT2D eigenvalue weighted by Gasteiger charge is -2.43. The first-order chi connectivity index (χ1) is 15.4. The van der Waals surface area contributed by atoms with Crippen molar-refractivity contribution in [3.05, 3.63) is 58.7 Å². The highest BCUT2D eigenvalue weighted by Gasteiger charge is 2.38. The molecule has 9 heteroatoms. The number of carbonyl (C=O) groups is 2. The Hall–Kier alpha value is -2.19. The molecule has 3 rings (SSSR count). The number of halogens is 2. The highest BCUT2D eigenvalue weighted by Crippen LogP contribution is 2.41. The number of pyridine rings is 1. The molecule has 0 spiro atoms. The number of nitrogens with two attached hydrogens (primary N) is 1. The second-order valence-corrected chi connectivity index (χ2v) is 8.77. The molecule has 1 heterocycles. The van der Waals surface area contributed by atoms with Gasteiger partial charge in [0, 0.05) is 49.8 Å². The Morgan fingerprint density at radius 2 is 2.00 bits per heavy atom. The monoisotopic (exact) mass is 494 g/mol. The number of hydrogen-bond donors (Lipinski definition) is 2. The van der Waals surface area contributed by atoms with Crippen LogP contribution in [0, 0.1) is 0 Å². The summed E-state index contributed by atoms with van der Waals surface area (Å²) in [6, 6.07) is 11.4. The van der Waals surface area contributed by atoms with Crippen molar-refractivity contribution in [2.24, 2.45) is 5.73 Å². The summed E-state index contributed by atoms with van der Waals surface area (Å²) >= 11 is 6.23. The number of benzene rings is 1. The van der Waals surface area contributed by atoms with Crippen LogP contribution in [0.1, 0.15) is 48.5 Å². The van der Waals surface area contributed by atoms with E-state index in [9.17, 15) is 9.59 Å². The summed E-state index contributed by atoms with van der Waals surface area (Å²) in [6.45, 7) is 2.91. The van der Waals surface area contributed by atoms with Gasteiger partial charge in [-0.15, -0.1) is 12.4 Å². The summed E-state index contributed by atoms with van der Waals surface area (Å²) in [5, 5.41) is 3.33. The zero-order valence-corrected chi connectivity index (χ0v) is 20.6. The van der Waals surface area contributed by atoms with Gasteiger partial charge in [-0.1, -0.05) is 23.7 Å². The molecule has 180 valence electrons. The first-order valence-electron chi connectivity index (χ1n) is 10.9. The van der Waals surface area contributed by atoms with Gasteiger partial charge in [0.25, 0.3) is 5.91 Å². The van der Waals surface area contributed by atoms with Crippen molar-refractivity contribution in [2.45, 2.75) is 44.1 Å². The number of carbonyl (C=O) groups excluding carboxylic acids is 2. The number of aromatic nitrogens is 1. The van der Waals surface area contributed by atoms with Gasteiger partial charge >= 0.3 is 0 Å². The van der Waals surface area contributed by atoms with Gasteiger partial charge in [0.15, 0.2) is 0 Å². The van der Waals surface area contributed by atoms with E-state index in [0.29, 0.717) is 36.1 Å². The molecule has 0 atom stereocenters. The molecule has 3 N–H and O–H groups in total. The molecule has 0 saturated heterocycles. The van der Waals surface area contributed by atoms with E-state index in [2.05, 4.69) is 16.4 Å². The van der Waals surface area contributed by atoms with Gasteiger partial charge < -0.3 is 20.7 Å². The van der Waals surface area contributed by atoms with Crippen molar-refractivity contribution >= 4 is 41.6 Å². The van der Waals surface area contributed by atoms with Crippen LogP contribution in [-0.4, -0.2) is 54.5 Å². The number of ether oxygens (including phenoxy) is 1. The maximum atomic E-state index is 13.3. The predicted molar refractivity (Wildman–Crippen MR) is 133 cm³/mol. The molecule has 1 aliphatic carbocycles. The minimum Gasteiger partial charge on any atom is -0.383 e. The van der Waals surface area contributed by atoms with Crippen molar-refractivity contribution in [1.82, 2.24) is 9.88 Å². The lowest BCUT2D eigenvalue weighted by Crippen LogP contribution is -2.48. The Kier molecular flexibility index (Phi) is 10.1. The number of amides is 2. The molecule has 2 amide bonds. The third-order valence-electron chi connectivity index (χ3n) is 6.29. The van der Waals surface area contributed by atoms with Gasteiger partial charge in [-0.05, 0) is 55.5 Å². The average molecular weight is 495 g/mol. The fraction of sp³-hybridized carbons (Fsp3) is 0.458. The number of hydrogen-bond acceptors (Lipinski definition) is 5. The fourth-order valence-corrected chi connectivity index (χ4v) is 4.67. The number of nitrogens with zero attached hydrogens (tertiary/aromatic N) is 2. The van der Waals surface area contributed by atoms with Crippen LogP contribution in [0.25, 0.3) is 0 Å². The molecule has 0 unspecified atom stereocenters. The zero-order valence-electron chi connectivity index (χ0n) is 19.1. The summed E-state index contributed by atoms with van der Waals surface area (Å²) < 4.78 is 5.26. The van der Waals surface area contributed by atoms with Crippen molar-refractivity contribution < 1.29 is 14.3 Å². The van der Waals surface area contributed by atoms with Crippen molar-refractivity contribution in [2.75, 3.05) is 32.1 Å². The summed E-state index contributed by atoms with van der Waals surface area (Å²) in [7, 11) is 1.63. The third kappa shape index (κ3) is 6.67. The molecular formula is C24H32Cl2N4O3. The summed E-state index contributed by atoms with van der Waals surface area (Å²) in [5.41, 5.74) is 7.77.